The number of aromatic hydroxyl groups is 1. The highest BCUT2D eigenvalue weighted by Gasteiger charge is 2.21. The van der Waals surface area contributed by atoms with Gasteiger partial charge in [0.1, 0.15) is 5.75 Å². The fourth-order valence-corrected chi connectivity index (χ4v) is 2.83. The van der Waals surface area contributed by atoms with Crippen molar-refractivity contribution in [2.45, 2.75) is 46.2 Å². The van der Waals surface area contributed by atoms with Crippen LogP contribution < -0.4 is 5.32 Å². The van der Waals surface area contributed by atoms with E-state index in [4.69, 9.17) is 0 Å². The van der Waals surface area contributed by atoms with Crippen LogP contribution in [0.25, 0.3) is 0 Å². The molecule has 2 rings (SSSR count). The van der Waals surface area contributed by atoms with Crippen molar-refractivity contribution in [3.63, 3.8) is 0 Å². The van der Waals surface area contributed by atoms with Crippen LogP contribution in [0.1, 0.15) is 36.5 Å². The summed E-state index contributed by atoms with van der Waals surface area (Å²) in [4.78, 5) is 13.4. The second kappa shape index (κ2) is 6.27. The Labute approximate surface area is 120 Å². The maximum atomic E-state index is 11.1. The fraction of sp³-hybridized carbons (Fsp3) is 0.562. The Morgan fingerprint density at radius 3 is 2.80 bits per heavy atom. The normalized spacial score (nSPS) is 19.9. The molecule has 4 heteroatoms. The zero-order valence-electron chi connectivity index (χ0n) is 12.6. The topological polar surface area (TPSA) is 52.6 Å². The van der Waals surface area contributed by atoms with Crippen molar-refractivity contribution in [2.24, 2.45) is 0 Å². The Kier molecular flexibility index (Phi) is 4.65. The Bertz CT molecular complexity index is 499. The number of amides is 1. The molecular weight excluding hydrogens is 252 g/mol. The first-order valence-electron chi connectivity index (χ1n) is 7.24. The first-order valence-corrected chi connectivity index (χ1v) is 7.24. The molecule has 110 valence electrons. The molecule has 1 aliphatic heterocycles. The van der Waals surface area contributed by atoms with Crippen LogP contribution in [-0.4, -0.2) is 35.0 Å². The highest BCUT2D eigenvalue weighted by molar-refractivity contribution is 5.73. The molecule has 4 nitrogen and oxygen atoms in total. The van der Waals surface area contributed by atoms with Crippen molar-refractivity contribution in [3.8, 4) is 5.75 Å². The van der Waals surface area contributed by atoms with Gasteiger partial charge < -0.3 is 10.4 Å². The lowest BCUT2D eigenvalue weighted by Gasteiger charge is -2.33. The number of phenolic OH excluding ortho intramolecular Hbond substituents is 1. The van der Waals surface area contributed by atoms with Gasteiger partial charge in [-0.05, 0) is 50.4 Å². The maximum absolute atomic E-state index is 11.1. The van der Waals surface area contributed by atoms with Gasteiger partial charge in [-0.25, -0.2) is 0 Å². The SMILES string of the molecule is CC(=O)N[C@@H]1CCCN(Cc2cc(C)c(C)cc2O)C1. The third-order valence-electron chi connectivity index (χ3n) is 4.00. The number of carbonyl (C=O) groups excluding carboxylic acids is 1. The predicted molar refractivity (Wildman–Crippen MR) is 79.7 cm³/mol. The molecule has 0 spiro atoms. The summed E-state index contributed by atoms with van der Waals surface area (Å²) in [5.74, 6) is 0.403. The van der Waals surface area contributed by atoms with Gasteiger partial charge in [-0.3, -0.25) is 9.69 Å². The number of rotatable bonds is 3. The fourth-order valence-electron chi connectivity index (χ4n) is 2.83. The van der Waals surface area contributed by atoms with E-state index in [1.54, 1.807) is 6.92 Å². The van der Waals surface area contributed by atoms with Gasteiger partial charge >= 0.3 is 0 Å². The third-order valence-corrected chi connectivity index (χ3v) is 4.00. The molecule has 1 aromatic carbocycles. The molecular formula is C16H24N2O2. The smallest absolute Gasteiger partial charge is 0.217 e. The minimum Gasteiger partial charge on any atom is -0.508 e. The Balaban J connectivity index is 2.02. The van der Waals surface area contributed by atoms with Crippen molar-refractivity contribution in [3.05, 3.63) is 28.8 Å². The van der Waals surface area contributed by atoms with E-state index in [2.05, 4.69) is 23.2 Å². The van der Waals surface area contributed by atoms with Crippen LogP contribution in [0.5, 0.6) is 5.75 Å². The number of hydrogen-bond acceptors (Lipinski definition) is 3. The zero-order chi connectivity index (χ0) is 14.7. The summed E-state index contributed by atoms with van der Waals surface area (Å²) in [5, 5.41) is 13.1. The Hall–Kier alpha value is -1.55. The third kappa shape index (κ3) is 3.73. The van der Waals surface area contributed by atoms with Crippen molar-refractivity contribution >= 4 is 5.91 Å². The van der Waals surface area contributed by atoms with E-state index >= 15 is 0 Å². The minimum absolute atomic E-state index is 0.0332. The summed E-state index contributed by atoms with van der Waals surface area (Å²) in [5.41, 5.74) is 3.28. The number of phenols is 1. The van der Waals surface area contributed by atoms with Crippen LogP contribution in [0.2, 0.25) is 0 Å². The summed E-state index contributed by atoms with van der Waals surface area (Å²) in [6, 6.07) is 4.13. The van der Waals surface area contributed by atoms with Crippen LogP contribution in [0.3, 0.4) is 0 Å². The molecule has 2 N–H and O–H groups in total. The number of piperidine rings is 1. The van der Waals surface area contributed by atoms with Crippen LogP contribution in [0.15, 0.2) is 12.1 Å². The molecule has 1 saturated heterocycles. The van der Waals surface area contributed by atoms with E-state index in [9.17, 15) is 9.90 Å². The van der Waals surface area contributed by atoms with Gasteiger partial charge in [0, 0.05) is 31.6 Å². The molecule has 0 unspecified atom stereocenters. The molecule has 20 heavy (non-hydrogen) atoms. The number of hydrogen-bond donors (Lipinski definition) is 2. The van der Waals surface area contributed by atoms with Gasteiger partial charge in [-0.2, -0.15) is 0 Å². The molecule has 1 aromatic rings. The summed E-state index contributed by atoms with van der Waals surface area (Å²) < 4.78 is 0. The quantitative estimate of drug-likeness (QED) is 0.889. The van der Waals surface area contributed by atoms with Crippen molar-refractivity contribution in [1.82, 2.24) is 10.2 Å². The van der Waals surface area contributed by atoms with Crippen LogP contribution in [0.4, 0.5) is 0 Å². The van der Waals surface area contributed by atoms with Crippen LogP contribution in [-0.2, 0) is 11.3 Å². The minimum atomic E-state index is 0.0332. The van der Waals surface area contributed by atoms with E-state index in [1.165, 1.54) is 5.56 Å². The van der Waals surface area contributed by atoms with Gasteiger partial charge in [0.05, 0.1) is 0 Å². The number of aryl methyl sites for hydroxylation is 2. The summed E-state index contributed by atoms with van der Waals surface area (Å²) in [6.07, 6.45) is 2.12. The summed E-state index contributed by atoms with van der Waals surface area (Å²) >= 11 is 0. The maximum Gasteiger partial charge on any atom is 0.217 e. The predicted octanol–water partition coefficient (Wildman–Crippen LogP) is 2.11. The average molecular weight is 276 g/mol. The van der Waals surface area contributed by atoms with Crippen LogP contribution >= 0.6 is 0 Å². The largest absolute Gasteiger partial charge is 0.508 e. The highest BCUT2D eigenvalue weighted by atomic mass is 16.3. The Morgan fingerprint density at radius 2 is 2.10 bits per heavy atom. The number of benzene rings is 1. The van der Waals surface area contributed by atoms with Crippen LogP contribution in [0, 0.1) is 13.8 Å². The van der Waals surface area contributed by atoms with Crippen molar-refractivity contribution in [1.29, 1.82) is 0 Å². The molecule has 1 amide bonds. The zero-order valence-corrected chi connectivity index (χ0v) is 12.6. The first-order chi connectivity index (χ1) is 9.45. The van der Waals surface area contributed by atoms with Gasteiger partial charge in [0.15, 0.2) is 0 Å². The lowest BCUT2D eigenvalue weighted by Crippen LogP contribution is -2.46. The lowest BCUT2D eigenvalue weighted by atomic mass is 10.0. The first kappa shape index (κ1) is 14.9. The number of nitrogens with one attached hydrogen (secondary N) is 1. The van der Waals surface area contributed by atoms with Gasteiger partial charge in [-0.15, -0.1) is 0 Å². The molecule has 0 radical (unpaired) electrons. The van der Waals surface area contributed by atoms with Crippen molar-refractivity contribution < 1.29 is 9.90 Å². The highest BCUT2D eigenvalue weighted by Crippen LogP contribution is 2.24. The molecule has 1 heterocycles. The van der Waals surface area contributed by atoms with Crippen molar-refractivity contribution in [2.75, 3.05) is 13.1 Å². The average Bonchev–Trinajstić information content (AvgIpc) is 2.35. The lowest BCUT2D eigenvalue weighted by molar-refractivity contribution is -0.120. The number of nitrogens with zero attached hydrogens (tertiary/aromatic N) is 1. The molecule has 1 aliphatic rings. The second-order valence-corrected chi connectivity index (χ2v) is 5.84. The molecule has 1 atom stereocenters. The molecule has 0 saturated carbocycles. The van der Waals surface area contributed by atoms with E-state index in [0.717, 1.165) is 43.6 Å². The summed E-state index contributed by atoms with van der Waals surface area (Å²) in [7, 11) is 0. The molecule has 0 bridgehead atoms. The molecule has 0 aromatic heterocycles. The monoisotopic (exact) mass is 276 g/mol. The van der Waals surface area contributed by atoms with E-state index in [-0.39, 0.29) is 11.9 Å². The van der Waals surface area contributed by atoms with E-state index < -0.39 is 0 Å². The number of carbonyl (C=O) groups is 1. The summed E-state index contributed by atoms with van der Waals surface area (Å²) in [6.45, 7) is 8.24. The van der Waals surface area contributed by atoms with E-state index in [1.807, 2.05) is 13.0 Å². The molecule has 0 aliphatic carbocycles. The van der Waals surface area contributed by atoms with Gasteiger partial charge in [0.25, 0.3) is 0 Å². The van der Waals surface area contributed by atoms with E-state index in [0.29, 0.717) is 5.75 Å². The second-order valence-electron chi connectivity index (χ2n) is 5.84. The Morgan fingerprint density at radius 1 is 1.40 bits per heavy atom. The van der Waals surface area contributed by atoms with Gasteiger partial charge in [-0.1, -0.05) is 6.07 Å². The van der Waals surface area contributed by atoms with Gasteiger partial charge in [0.2, 0.25) is 5.91 Å². The molecule has 1 fully saturated rings. The number of likely N-dealkylation sites (tertiary alicyclic amines) is 1. The standard InChI is InChI=1S/C16H24N2O2/c1-11-7-14(16(20)8-12(11)2)9-18-6-4-5-15(10-18)17-13(3)19/h7-8,15,20H,4-6,9-10H2,1-3H3,(H,17,19)/t15-/m1/s1.